The predicted molar refractivity (Wildman–Crippen MR) is 75.0 cm³/mol. The van der Waals surface area contributed by atoms with Gasteiger partial charge >= 0.3 is 0 Å². The summed E-state index contributed by atoms with van der Waals surface area (Å²) in [5, 5.41) is 11.2. The summed E-state index contributed by atoms with van der Waals surface area (Å²) in [6.45, 7) is 3.65. The van der Waals surface area contributed by atoms with Crippen LogP contribution in [0.5, 0.6) is 0 Å². The van der Waals surface area contributed by atoms with Crippen molar-refractivity contribution in [3.8, 4) is 0 Å². The summed E-state index contributed by atoms with van der Waals surface area (Å²) in [5.74, 6) is 0. The lowest BCUT2D eigenvalue weighted by molar-refractivity contribution is -0.416. The van der Waals surface area contributed by atoms with Gasteiger partial charge in [-0.25, -0.2) is 0 Å². The molecule has 98 valence electrons. The van der Waals surface area contributed by atoms with Crippen LogP contribution in [0, 0.1) is 10.1 Å². The number of nitrogens with zero attached hydrogens (tertiary/aromatic N) is 1. The largest absolute Gasteiger partial charge is 0.299 e. The first-order valence-corrected chi connectivity index (χ1v) is 5.77. The lowest BCUT2D eigenvalue weighted by Crippen LogP contribution is -2.03. The average Bonchev–Trinajstić information content (AvgIpc) is 2.38. The van der Waals surface area contributed by atoms with Crippen LogP contribution in [-0.2, 0) is 4.79 Å². The summed E-state index contributed by atoms with van der Waals surface area (Å²) in [6.07, 6.45) is 4.51. The Balaban J connectivity index is 3.36. The average molecular weight is 257 g/mol. The van der Waals surface area contributed by atoms with E-state index in [1.165, 1.54) is 18.2 Å². The highest BCUT2D eigenvalue weighted by Crippen LogP contribution is 2.27. The van der Waals surface area contributed by atoms with Crippen molar-refractivity contribution in [2.75, 3.05) is 0 Å². The first kappa shape index (κ1) is 14.6. The monoisotopic (exact) mass is 257 g/mol. The normalized spacial score (nSPS) is 11.4. The van der Waals surface area contributed by atoms with Crippen molar-refractivity contribution in [1.29, 1.82) is 0 Å². The maximum Gasteiger partial charge on any atom is 0.277 e. The number of nitro groups is 1. The number of benzene rings is 1. The molecule has 4 heteroatoms. The van der Waals surface area contributed by atoms with Crippen molar-refractivity contribution < 1.29 is 9.72 Å². The minimum absolute atomic E-state index is 0.0238. The molecule has 0 saturated heterocycles. The van der Waals surface area contributed by atoms with Gasteiger partial charge in [0.2, 0.25) is 0 Å². The Hall–Kier alpha value is -2.49. The lowest BCUT2D eigenvalue weighted by atomic mass is 9.98. The van der Waals surface area contributed by atoms with Crippen molar-refractivity contribution in [1.82, 2.24) is 0 Å². The zero-order valence-electron chi connectivity index (χ0n) is 10.9. The summed E-state index contributed by atoms with van der Waals surface area (Å²) in [6, 6.07) is 9.16. The Morgan fingerprint density at radius 1 is 1.16 bits per heavy atom. The highest BCUT2D eigenvalue weighted by molar-refractivity contribution is 5.79. The fourth-order valence-electron chi connectivity index (χ4n) is 1.73. The molecule has 0 aliphatic rings. The third kappa shape index (κ3) is 4.03. The molecule has 0 radical (unpaired) electrons. The van der Waals surface area contributed by atoms with Gasteiger partial charge in [0.05, 0.1) is 10.5 Å². The molecule has 0 spiro atoms. The molecule has 0 unspecified atom stereocenters. The third-order valence-electron chi connectivity index (χ3n) is 2.46. The molecule has 1 aromatic carbocycles. The van der Waals surface area contributed by atoms with E-state index in [4.69, 9.17) is 0 Å². The van der Waals surface area contributed by atoms with E-state index < -0.39 is 4.92 Å². The van der Waals surface area contributed by atoms with Crippen molar-refractivity contribution >= 4 is 11.9 Å². The van der Waals surface area contributed by atoms with Gasteiger partial charge in [0.15, 0.2) is 0 Å². The second kappa shape index (κ2) is 7.06. The number of aldehydes is 1. The minimum Gasteiger partial charge on any atom is -0.299 e. The smallest absolute Gasteiger partial charge is 0.277 e. The highest BCUT2D eigenvalue weighted by Gasteiger charge is 2.19. The van der Waals surface area contributed by atoms with E-state index in [0.717, 1.165) is 11.1 Å². The fourth-order valence-corrected chi connectivity index (χ4v) is 1.73. The maximum absolute atomic E-state index is 11.2. The van der Waals surface area contributed by atoms with Crippen molar-refractivity contribution in [3.05, 3.63) is 75.5 Å². The molecule has 0 heterocycles. The number of rotatable bonds is 5. The number of hydrogen-bond donors (Lipinski definition) is 0. The van der Waals surface area contributed by atoms with E-state index in [-0.39, 0.29) is 5.70 Å². The quantitative estimate of drug-likeness (QED) is 0.267. The predicted octanol–water partition coefficient (Wildman–Crippen LogP) is 3.40. The van der Waals surface area contributed by atoms with Crippen LogP contribution in [0.3, 0.4) is 0 Å². The zero-order valence-corrected chi connectivity index (χ0v) is 10.9. The molecule has 1 aromatic rings. The molecule has 1 rings (SSSR count). The second-order valence-electron chi connectivity index (χ2n) is 4.07. The summed E-state index contributed by atoms with van der Waals surface area (Å²) in [5.41, 5.74) is 2.17. The molecular formula is C15H15NO3. The molecule has 0 fully saturated rings. The summed E-state index contributed by atoms with van der Waals surface area (Å²) in [7, 11) is 0. The molecule has 0 aromatic heterocycles. The van der Waals surface area contributed by atoms with Gasteiger partial charge < -0.3 is 0 Å². The Kier molecular flexibility index (Phi) is 5.41. The van der Waals surface area contributed by atoms with Gasteiger partial charge in [-0.2, -0.15) is 0 Å². The summed E-state index contributed by atoms with van der Waals surface area (Å²) in [4.78, 5) is 21.0. The summed E-state index contributed by atoms with van der Waals surface area (Å²) < 4.78 is 0. The van der Waals surface area contributed by atoms with E-state index >= 15 is 0 Å². The number of allylic oxidation sites excluding steroid dienone is 5. The maximum atomic E-state index is 11.2. The topological polar surface area (TPSA) is 60.2 Å². The Bertz CT molecular complexity index is 550. The fraction of sp³-hybridized carbons (Fsp3) is 0.133. The van der Waals surface area contributed by atoms with Crippen LogP contribution >= 0.6 is 0 Å². The van der Waals surface area contributed by atoms with E-state index in [1.807, 2.05) is 44.2 Å². The number of carbonyl (C=O) groups excluding carboxylic acids is 1. The van der Waals surface area contributed by atoms with Gasteiger partial charge in [-0.05, 0) is 25.5 Å². The Labute approximate surface area is 111 Å². The van der Waals surface area contributed by atoms with Crippen LogP contribution in [0.4, 0.5) is 0 Å². The molecular weight excluding hydrogens is 242 g/mol. The van der Waals surface area contributed by atoms with Gasteiger partial charge in [0, 0.05) is 6.08 Å². The van der Waals surface area contributed by atoms with Crippen molar-refractivity contribution in [2.45, 2.75) is 13.8 Å². The van der Waals surface area contributed by atoms with Crippen LogP contribution in [0.15, 0.2) is 59.8 Å². The van der Waals surface area contributed by atoms with Crippen LogP contribution in [0.2, 0.25) is 0 Å². The van der Waals surface area contributed by atoms with Gasteiger partial charge in [-0.15, -0.1) is 0 Å². The zero-order chi connectivity index (χ0) is 14.3. The molecule has 0 atom stereocenters. The third-order valence-corrected chi connectivity index (χ3v) is 2.46. The number of hydrogen-bond acceptors (Lipinski definition) is 3. The van der Waals surface area contributed by atoms with E-state index in [9.17, 15) is 14.9 Å². The molecule has 0 saturated carbocycles. The Morgan fingerprint density at radius 2 is 1.79 bits per heavy atom. The molecule has 0 aliphatic carbocycles. The molecule has 0 amide bonds. The van der Waals surface area contributed by atoms with Crippen molar-refractivity contribution in [3.63, 3.8) is 0 Å². The minimum atomic E-state index is -0.440. The first-order valence-electron chi connectivity index (χ1n) is 5.77. The van der Waals surface area contributed by atoms with Crippen molar-refractivity contribution in [2.24, 2.45) is 0 Å². The van der Waals surface area contributed by atoms with Crippen LogP contribution < -0.4 is 0 Å². The van der Waals surface area contributed by atoms with E-state index in [1.54, 1.807) is 0 Å². The molecule has 0 N–H and O–H groups in total. The summed E-state index contributed by atoms with van der Waals surface area (Å²) >= 11 is 0. The lowest BCUT2D eigenvalue weighted by Gasteiger charge is -2.07. The standard InChI is InChI=1S/C15H15NO3/c1-12(2)15(13-8-4-3-5-9-13)14(16(18)19)10-6-7-11-17/h3-11H,1-2H3. The van der Waals surface area contributed by atoms with Gasteiger partial charge in [0.1, 0.15) is 6.29 Å². The number of carbonyl (C=O) groups is 1. The van der Waals surface area contributed by atoms with Crippen LogP contribution in [0.1, 0.15) is 19.4 Å². The van der Waals surface area contributed by atoms with E-state index in [0.29, 0.717) is 11.9 Å². The molecule has 0 bridgehead atoms. The highest BCUT2D eigenvalue weighted by atomic mass is 16.6. The molecule has 4 nitrogen and oxygen atoms in total. The van der Waals surface area contributed by atoms with Crippen LogP contribution in [0.25, 0.3) is 5.57 Å². The SMILES string of the molecule is CC(C)=C(C(=CC=CC=O)[N+](=O)[O-])c1ccccc1. The van der Waals surface area contributed by atoms with Crippen LogP contribution in [-0.4, -0.2) is 11.2 Å². The van der Waals surface area contributed by atoms with Gasteiger partial charge in [0.25, 0.3) is 5.70 Å². The Morgan fingerprint density at radius 3 is 2.26 bits per heavy atom. The van der Waals surface area contributed by atoms with E-state index in [2.05, 4.69) is 0 Å². The molecule has 0 aliphatic heterocycles. The van der Waals surface area contributed by atoms with Gasteiger partial charge in [-0.3, -0.25) is 14.9 Å². The molecule has 19 heavy (non-hydrogen) atoms. The second-order valence-corrected chi connectivity index (χ2v) is 4.07. The van der Waals surface area contributed by atoms with Gasteiger partial charge in [-0.1, -0.05) is 42.0 Å². The first-order chi connectivity index (χ1) is 9.07.